The van der Waals surface area contributed by atoms with Crippen molar-refractivity contribution in [1.82, 2.24) is 4.98 Å². The van der Waals surface area contributed by atoms with E-state index in [-0.39, 0.29) is 5.88 Å². The molecule has 0 saturated heterocycles. The van der Waals surface area contributed by atoms with E-state index in [1.165, 1.54) is 77.0 Å². The van der Waals surface area contributed by atoms with Crippen molar-refractivity contribution in [3.05, 3.63) is 60.4 Å². The highest BCUT2D eigenvalue weighted by Crippen LogP contribution is 2.21. The molecule has 0 amide bonds. The van der Waals surface area contributed by atoms with Gasteiger partial charge in [0.15, 0.2) is 9.84 Å². The fourth-order valence-corrected chi connectivity index (χ4v) is 6.43. The van der Waals surface area contributed by atoms with Gasteiger partial charge >= 0.3 is 0 Å². The van der Waals surface area contributed by atoms with Crippen LogP contribution in [0, 0.1) is 0 Å². The van der Waals surface area contributed by atoms with Crippen molar-refractivity contribution in [3.8, 4) is 0 Å². The fraction of sp³-hybridized carbons (Fsp3) is 0.633. The lowest BCUT2D eigenvalue weighted by molar-refractivity contribution is 0.539. The minimum absolute atomic E-state index is 0.155. The molecule has 0 N–H and O–H groups in total. The quantitative estimate of drug-likeness (QED) is 0.145. The lowest BCUT2D eigenvalue weighted by atomic mass is 10.0. The maximum atomic E-state index is 12.7. The topological polar surface area (TPSA) is 47.0 Å². The third-order valence-corrected chi connectivity index (χ3v) is 9.27. The first-order chi connectivity index (χ1) is 17.1. The number of halogens is 1. The fourth-order valence-electron chi connectivity index (χ4n) is 4.14. The van der Waals surface area contributed by atoms with Crippen LogP contribution in [-0.2, 0) is 16.3 Å². The van der Waals surface area contributed by atoms with E-state index in [4.69, 9.17) is 11.6 Å². The Kier molecular flexibility index (Phi) is 18.8. The molecule has 1 aromatic carbocycles. The second kappa shape index (κ2) is 20.8. The molecule has 198 valence electrons. The molecule has 1 unspecified atom stereocenters. The van der Waals surface area contributed by atoms with Crippen LogP contribution in [-0.4, -0.2) is 24.5 Å². The second-order valence-electron chi connectivity index (χ2n) is 9.39. The number of rotatable bonds is 18. The predicted molar refractivity (Wildman–Crippen MR) is 152 cm³/mol. The van der Waals surface area contributed by atoms with Crippen molar-refractivity contribution in [3.63, 3.8) is 0 Å². The van der Waals surface area contributed by atoms with Crippen LogP contribution in [0.2, 0.25) is 0 Å². The monoisotopic (exact) mass is 521 g/mol. The minimum atomic E-state index is -3.31. The van der Waals surface area contributed by atoms with Gasteiger partial charge in [0, 0.05) is 18.3 Å². The van der Waals surface area contributed by atoms with E-state index in [0.717, 1.165) is 18.4 Å². The van der Waals surface area contributed by atoms with Crippen molar-refractivity contribution in [2.75, 3.05) is 5.88 Å². The number of aromatic nitrogens is 1. The Balaban J connectivity index is 0.000000882. The average Bonchev–Trinajstić information content (AvgIpc) is 2.89. The van der Waals surface area contributed by atoms with Gasteiger partial charge in [0.2, 0.25) is 0 Å². The summed E-state index contributed by atoms with van der Waals surface area (Å²) in [5.74, 6) is 0.155. The lowest BCUT2D eigenvalue weighted by Crippen LogP contribution is -2.22. The smallest absolute Gasteiger partial charge is 0.182 e. The highest BCUT2D eigenvalue weighted by atomic mass is 35.5. The lowest BCUT2D eigenvalue weighted by Gasteiger charge is -2.13. The van der Waals surface area contributed by atoms with Crippen molar-refractivity contribution in [1.29, 1.82) is 0 Å². The Morgan fingerprint density at radius 2 is 1.29 bits per heavy atom. The molecule has 3 nitrogen and oxygen atoms in total. The van der Waals surface area contributed by atoms with Gasteiger partial charge in [-0.15, -0.1) is 11.6 Å². The Morgan fingerprint density at radius 1 is 0.743 bits per heavy atom. The summed E-state index contributed by atoms with van der Waals surface area (Å²) in [5.41, 5.74) is 1.12. The summed E-state index contributed by atoms with van der Waals surface area (Å²) in [6.07, 6.45) is 22.5. The van der Waals surface area contributed by atoms with Crippen molar-refractivity contribution >= 4 is 21.4 Å². The maximum Gasteiger partial charge on any atom is 0.182 e. The number of nitrogens with zero attached hydrogens (tertiary/aromatic N) is 1. The number of sulfone groups is 1. The molecule has 5 heteroatoms. The van der Waals surface area contributed by atoms with E-state index < -0.39 is 15.1 Å². The van der Waals surface area contributed by atoms with Gasteiger partial charge in [0.1, 0.15) is 0 Å². The van der Waals surface area contributed by atoms with Crippen LogP contribution in [0.4, 0.5) is 0 Å². The molecule has 0 spiro atoms. The SMILES string of the molecule is CCCCCCCCCCCCCCCc1cccc(S(=O)(=O)C(CC)CCl)c1.c1ccncc1. The van der Waals surface area contributed by atoms with E-state index in [1.807, 2.05) is 43.3 Å². The average molecular weight is 522 g/mol. The zero-order valence-corrected chi connectivity index (χ0v) is 23.7. The van der Waals surface area contributed by atoms with Gasteiger partial charge in [0.05, 0.1) is 10.1 Å². The Morgan fingerprint density at radius 3 is 1.71 bits per heavy atom. The van der Waals surface area contributed by atoms with Gasteiger partial charge in [-0.05, 0) is 49.1 Å². The molecule has 2 aromatic rings. The van der Waals surface area contributed by atoms with E-state index in [0.29, 0.717) is 11.3 Å². The van der Waals surface area contributed by atoms with E-state index >= 15 is 0 Å². The number of aryl methyl sites for hydroxylation is 1. The van der Waals surface area contributed by atoms with Crippen LogP contribution in [0.15, 0.2) is 59.8 Å². The first-order valence-electron chi connectivity index (χ1n) is 13.8. The summed E-state index contributed by atoms with van der Waals surface area (Å²) in [5, 5.41) is -0.490. The Bertz CT molecular complexity index is 812. The Hall–Kier alpha value is -1.39. The van der Waals surface area contributed by atoms with Gasteiger partial charge in [-0.2, -0.15) is 0 Å². The number of alkyl halides is 1. The van der Waals surface area contributed by atoms with Crippen molar-refractivity contribution in [2.24, 2.45) is 0 Å². The first kappa shape index (κ1) is 31.6. The minimum Gasteiger partial charge on any atom is -0.265 e. The van der Waals surface area contributed by atoms with Gasteiger partial charge in [-0.25, -0.2) is 8.42 Å². The van der Waals surface area contributed by atoms with E-state index in [2.05, 4.69) is 11.9 Å². The van der Waals surface area contributed by atoms with Crippen LogP contribution in [0.25, 0.3) is 0 Å². The summed E-state index contributed by atoms with van der Waals surface area (Å²) < 4.78 is 25.3. The molecule has 1 atom stereocenters. The molecule has 2 rings (SSSR count). The number of benzene rings is 1. The molecular weight excluding hydrogens is 474 g/mol. The summed E-state index contributed by atoms with van der Waals surface area (Å²) in [4.78, 5) is 4.21. The molecule has 0 fully saturated rings. The molecule has 35 heavy (non-hydrogen) atoms. The number of unbranched alkanes of at least 4 members (excludes halogenated alkanes) is 12. The predicted octanol–water partition coefficient (Wildman–Crippen LogP) is 9.19. The van der Waals surface area contributed by atoms with Crippen LogP contribution >= 0.6 is 11.6 Å². The molecule has 0 bridgehead atoms. The van der Waals surface area contributed by atoms with Crippen molar-refractivity contribution in [2.45, 2.75) is 120 Å². The molecule has 0 aliphatic carbocycles. The zero-order chi connectivity index (χ0) is 25.6. The largest absolute Gasteiger partial charge is 0.265 e. The zero-order valence-electron chi connectivity index (χ0n) is 22.1. The molecule has 0 radical (unpaired) electrons. The van der Waals surface area contributed by atoms with Crippen molar-refractivity contribution < 1.29 is 8.42 Å². The molecule has 0 aliphatic heterocycles. The second-order valence-corrected chi connectivity index (χ2v) is 11.9. The molecule has 1 aromatic heterocycles. The van der Waals surface area contributed by atoms with Gasteiger partial charge in [-0.3, -0.25) is 4.98 Å². The first-order valence-corrected chi connectivity index (χ1v) is 15.9. The van der Waals surface area contributed by atoms with Gasteiger partial charge in [0.25, 0.3) is 0 Å². The Labute approximate surface area is 221 Å². The van der Waals surface area contributed by atoms with E-state index in [1.54, 1.807) is 18.5 Å². The highest BCUT2D eigenvalue weighted by molar-refractivity contribution is 7.92. The van der Waals surface area contributed by atoms with Crippen LogP contribution < -0.4 is 0 Å². The standard InChI is InChI=1S/C25H43ClO2S.C5H5N/c1-3-5-6-7-8-9-10-11-12-13-14-15-16-18-23-19-17-20-25(21-23)29(27,28)24(4-2)22-26;1-2-4-6-5-3-1/h17,19-21,24H,3-16,18,22H2,1-2H3;1-5H. The molecule has 0 aliphatic rings. The summed E-state index contributed by atoms with van der Waals surface area (Å²) >= 11 is 5.86. The summed E-state index contributed by atoms with van der Waals surface area (Å²) in [6, 6.07) is 13.2. The number of pyridine rings is 1. The third-order valence-electron chi connectivity index (χ3n) is 6.43. The number of hydrogen-bond acceptors (Lipinski definition) is 3. The maximum absolute atomic E-state index is 12.7. The molecule has 1 heterocycles. The van der Waals surface area contributed by atoms with Crippen LogP contribution in [0.1, 0.15) is 109 Å². The van der Waals surface area contributed by atoms with Crippen LogP contribution in [0.5, 0.6) is 0 Å². The van der Waals surface area contributed by atoms with Gasteiger partial charge in [-0.1, -0.05) is 109 Å². The molecule has 0 saturated carbocycles. The van der Waals surface area contributed by atoms with Gasteiger partial charge < -0.3 is 0 Å². The molecular formula is C30H48ClNO2S. The normalized spacial score (nSPS) is 12.1. The number of hydrogen-bond donors (Lipinski definition) is 0. The van der Waals surface area contributed by atoms with Crippen LogP contribution in [0.3, 0.4) is 0 Å². The third kappa shape index (κ3) is 14.7. The highest BCUT2D eigenvalue weighted by Gasteiger charge is 2.25. The summed E-state index contributed by atoms with van der Waals surface area (Å²) in [7, 11) is -3.31. The summed E-state index contributed by atoms with van der Waals surface area (Å²) in [6.45, 7) is 4.15. The van der Waals surface area contributed by atoms with E-state index in [9.17, 15) is 8.42 Å².